The van der Waals surface area contributed by atoms with Gasteiger partial charge >= 0.3 is 0 Å². The second kappa shape index (κ2) is 4.22. The van der Waals surface area contributed by atoms with Crippen LogP contribution in [0.4, 0.5) is 0 Å². The summed E-state index contributed by atoms with van der Waals surface area (Å²) in [5.74, 6) is 0. The van der Waals surface area contributed by atoms with Crippen molar-refractivity contribution in [2.24, 2.45) is 0 Å². The molecule has 1 aliphatic rings. The molecule has 72 valence electrons. The van der Waals surface area contributed by atoms with Crippen LogP contribution in [0.2, 0.25) is 0 Å². The Morgan fingerprint density at radius 2 is 2.38 bits per heavy atom. The van der Waals surface area contributed by atoms with Gasteiger partial charge in [0.25, 0.3) is 0 Å². The molecule has 0 amide bonds. The van der Waals surface area contributed by atoms with Crippen LogP contribution in [-0.2, 0) is 6.42 Å². The minimum atomic E-state index is -0.0429. The third kappa shape index (κ3) is 2.53. The van der Waals surface area contributed by atoms with Gasteiger partial charge in [-0.05, 0) is 48.2 Å². The number of nitrogens with one attached hydrogen (secondary N) is 1. The Hall–Kier alpha value is -0.380. The first-order valence-corrected chi connectivity index (χ1v) is 5.71. The van der Waals surface area contributed by atoms with Gasteiger partial charge in [0.2, 0.25) is 0 Å². The maximum absolute atomic E-state index is 9.06. The van der Waals surface area contributed by atoms with E-state index < -0.39 is 0 Å². The fraction of sp³-hybridized carbons (Fsp3) is 0.600. The highest BCUT2D eigenvalue weighted by Gasteiger charge is 2.25. The maximum atomic E-state index is 9.06. The van der Waals surface area contributed by atoms with E-state index in [1.165, 1.54) is 5.56 Å². The second-order valence-electron chi connectivity index (χ2n) is 3.66. The average molecular weight is 197 g/mol. The first kappa shape index (κ1) is 9.19. The molecule has 1 heterocycles. The molecule has 0 aromatic carbocycles. The van der Waals surface area contributed by atoms with E-state index in [0.717, 1.165) is 25.8 Å². The first-order chi connectivity index (χ1) is 6.34. The Kier molecular flexibility index (Phi) is 2.98. The van der Waals surface area contributed by atoms with E-state index in [1.54, 1.807) is 11.3 Å². The van der Waals surface area contributed by atoms with Crippen molar-refractivity contribution in [2.75, 3.05) is 6.54 Å². The lowest BCUT2D eigenvalue weighted by molar-refractivity contribution is 0.0629. The van der Waals surface area contributed by atoms with Crippen molar-refractivity contribution in [1.29, 1.82) is 0 Å². The lowest BCUT2D eigenvalue weighted by Crippen LogP contribution is -2.44. The smallest absolute Gasteiger partial charge is 0.0570 e. The molecule has 0 saturated heterocycles. The number of aliphatic hydroxyl groups excluding tert-OH is 1. The van der Waals surface area contributed by atoms with Gasteiger partial charge in [0, 0.05) is 6.04 Å². The van der Waals surface area contributed by atoms with Crippen LogP contribution in [0.25, 0.3) is 0 Å². The molecule has 0 spiro atoms. The highest BCUT2D eigenvalue weighted by atomic mass is 32.1. The van der Waals surface area contributed by atoms with Crippen LogP contribution in [-0.4, -0.2) is 23.8 Å². The van der Waals surface area contributed by atoms with Gasteiger partial charge in [0.05, 0.1) is 6.10 Å². The normalized spacial score (nSPS) is 27.2. The van der Waals surface area contributed by atoms with E-state index in [2.05, 4.69) is 22.1 Å². The molecule has 2 rings (SSSR count). The molecule has 3 heteroatoms. The summed E-state index contributed by atoms with van der Waals surface area (Å²) in [6, 6.07) is 2.73. The van der Waals surface area contributed by atoms with E-state index >= 15 is 0 Å². The molecule has 1 fully saturated rings. The van der Waals surface area contributed by atoms with Crippen LogP contribution in [0.15, 0.2) is 16.8 Å². The predicted octanol–water partition coefficient (Wildman–Crippen LogP) is 1.40. The number of hydrogen-bond acceptors (Lipinski definition) is 3. The number of thiophene rings is 1. The van der Waals surface area contributed by atoms with Gasteiger partial charge < -0.3 is 10.4 Å². The Bertz CT molecular complexity index is 241. The highest BCUT2D eigenvalue weighted by molar-refractivity contribution is 7.07. The van der Waals surface area contributed by atoms with Gasteiger partial charge in [-0.15, -0.1) is 0 Å². The lowest BCUT2D eigenvalue weighted by atomic mass is 9.89. The zero-order chi connectivity index (χ0) is 9.10. The molecule has 0 bridgehead atoms. The van der Waals surface area contributed by atoms with Gasteiger partial charge in [0.15, 0.2) is 0 Å². The van der Waals surface area contributed by atoms with Crippen LogP contribution < -0.4 is 5.32 Å². The van der Waals surface area contributed by atoms with Gasteiger partial charge in [-0.1, -0.05) is 0 Å². The van der Waals surface area contributed by atoms with Crippen molar-refractivity contribution in [1.82, 2.24) is 5.32 Å². The maximum Gasteiger partial charge on any atom is 0.0570 e. The van der Waals surface area contributed by atoms with Crippen LogP contribution in [0.5, 0.6) is 0 Å². The minimum Gasteiger partial charge on any atom is -0.393 e. The second-order valence-corrected chi connectivity index (χ2v) is 4.44. The summed E-state index contributed by atoms with van der Waals surface area (Å²) >= 11 is 1.75. The topological polar surface area (TPSA) is 32.3 Å². The van der Waals surface area contributed by atoms with E-state index in [-0.39, 0.29) is 6.10 Å². The molecule has 2 N–H and O–H groups in total. The van der Waals surface area contributed by atoms with E-state index in [9.17, 15) is 0 Å². The van der Waals surface area contributed by atoms with Crippen LogP contribution >= 0.6 is 11.3 Å². The van der Waals surface area contributed by atoms with Crippen molar-refractivity contribution >= 4 is 11.3 Å². The summed E-state index contributed by atoms with van der Waals surface area (Å²) in [6.07, 6.45) is 2.93. The standard InChI is InChI=1S/C10H15NOS/c12-10-5-9(6-10)11-3-1-8-2-4-13-7-8/h2,4,7,9-12H,1,3,5-6H2. The molecule has 1 aromatic rings. The molecule has 1 aliphatic carbocycles. The van der Waals surface area contributed by atoms with Crippen molar-refractivity contribution in [3.05, 3.63) is 22.4 Å². The fourth-order valence-corrected chi connectivity index (χ4v) is 2.31. The number of rotatable bonds is 4. The number of hydrogen-bond donors (Lipinski definition) is 2. The van der Waals surface area contributed by atoms with E-state index in [1.807, 2.05) is 0 Å². The predicted molar refractivity (Wildman–Crippen MR) is 55.1 cm³/mol. The quantitative estimate of drug-likeness (QED) is 0.765. The van der Waals surface area contributed by atoms with Crippen LogP contribution in [0, 0.1) is 0 Å². The van der Waals surface area contributed by atoms with Gasteiger partial charge in [-0.25, -0.2) is 0 Å². The summed E-state index contributed by atoms with van der Waals surface area (Å²) in [4.78, 5) is 0. The largest absolute Gasteiger partial charge is 0.393 e. The molecular formula is C10H15NOS. The van der Waals surface area contributed by atoms with Crippen molar-refractivity contribution in [3.8, 4) is 0 Å². The van der Waals surface area contributed by atoms with Crippen molar-refractivity contribution < 1.29 is 5.11 Å². The van der Waals surface area contributed by atoms with Crippen molar-refractivity contribution in [3.63, 3.8) is 0 Å². The molecule has 2 nitrogen and oxygen atoms in total. The van der Waals surface area contributed by atoms with Gasteiger partial charge in [-0.2, -0.15) is 11.3 Å². The van der Waals surface area contributed by atoms with Gasteiger partial charge in [-0.3, -0.25) is 0 Å². The summed E-state index contributed by atoms with van der Waals surface area (Å²) in [7, 11) is 0. The third-order valence-electron chi connectivity index (χ3n) is 2.54. The van der Waals surface area contributed by atoms with Gasteiger partial charge in [0.1, 0.15) is 0 Å². The Morgan fingerprint density at radius 1 is 1.54 bits per heavy atom. The summed E-state index contributed by atoms with van der Waals surface area (Å²) in [5.41, 5.74) is 1.41. The average Bonchev–Trinajstić information content (AvgIpc) is 2.53. The highest BCUT2D eigenvalue weighted by Crippen LogP contribution is 2.19. The zero-order valence-electron chi connectivity index (χ0n) is 7.57. The van der Waals surface area contributed by atoms with Crippen molar-refractivity contribution in [2.45, 2.75) is 31.4 Å². The Labute approximate surface area is 82.6 Å². The molecule has 0 atom stereocenters. The molecule has 0 unspecified atom stereocenters. The molecule has 0 aliphatic heterocycles. The summed E-state index contributed by atoms with van der Waals surface area (Å²) in [5, 5.41) is 16.8. The third-order valence-corrected chi connectivity index (χ3v) is 3.27. The number of aliphatic hydroxyl groups is 1. The van der Waals surface area contributed by atoms with Crippen LogP contribution in [0.1, 0.15) is 18.4 Å². The first-order valence-electron chi connectivity index (χ1n) is 4.77. The summed E-state index contributed by atoms with van der Waals surface area (Å²) in [6.45, 7) is 1.04. The monoisotopic (exact) mass is 197 g/mol. The molecule has 0 radical (unpaired) electrons. The minimum absolute atomic E-state index is 0.0429. The fourth-order valence-electron chi connectivity index (χ4n) is 1.61. The molecule has 1 aromatic heterocycles. The van der Waals surface area contributed by atoms with Crippen LogP contribution in [0.3, 0.4) is 0 Å². The SMILES string of the molecule is OC1CC(NCCc2ccsc2)C1. The zero-order valence-corrected chi connectivity index (χ0v) is 8.39. The van der Waals surface area contributed by atoms with E-state index in [0.29, 0.717) is 6.04 Å². The Balaban J connectivity index is 1.59. The summed E-state index contributed by atoms with van der Waals surface area (Å²) < 4.78 is 0. The Morgan fingerprint density at radius 3 is 3.00 bits per heavy atom. The van der Waals surface area contributed by atoms with E-state index in [4.69, 9.17) is 5.11 Å². The molecule has 13 heavy (non-hydrogen) atoms. The molecular weight excluding hydrogens is 182 g/mol. The lowest BCUT2D eigenvalue weighted by Gasteiger charge is -2.32. The molecule has 1 saturated carbocycles.